The monoisotopic (exact) mass is 346 g/mol. The van der Waals surface area contributed by atoms with Crippen molar-refractivity contribution < 1.29 is 9.30 Å². The van der Waals surface area contributed by atoms with Gasteiger partial charge < -0.3 is 4.74 Å². The average molecular weight is 346 g/mol. The Bertz CT molecular complexity index is 1170. The zero-order valence-corrected chi connectivity index (χ0v) is 15.7. The van der Waals surface area contributed by atoms with E-state index in [1.165, 1.54) is 43.2 Å². The number of thiophene rings is 1. The highest BCUT2D eigenvalue weighted by Gasteiger charge is 2.30. The molecule has 124 valence electrons. The smallest absolute Gasteiger partial charge is 0.228 e. The van der Waals surface area contributed by atoms with E-state index in [1.54, 1.807) is 11.3 Å². The number of hydrogen-bond donors (Lipinski definition) is 0. The standard InChI is InChI=1S/C22H20NOS/c1-12(2)15-9-14-5-7-23(4)22-20-13(3)16-6-8-25-19(16)11-18(20)24-17(10-15)21(14)22/h5-12H,1-4H3/q+1. The van der Waals surface area contributed by atoms with Crippen LogP contribution in [0.25, 0.3) is 32.1 Å². The Morgan fingerprint density at radius 1 is 1.08 bits per heavy atom. The van der Waals surface area contributed by atoms with Crippen molar-refractivity contribution in [2.75, 3.05) is 0 Å². The third-order valence-electron chi connectivity index (χ3n) is 5.33. The Balaban J connectivity index is 1.96. The van der Waals surface area contributed by atoms with Gasteiger partial charge in [0, 0.05) is 10.8 Å². The van der Waals surface area contributed by atoms with E-state index in [-0.39, 0.29) is 0 Å². The van der Waals surface area contributed by atoms with Gasteiger partial charge in [-0.05, 0) is 58.3 Å². The molecule has 0 amide bonds. The fourth-order valence-corrected chi connectivity index (χ4v) is 4.82. The van der Waals surface area contributed by atoms with Crippen molar-refractivity contribution in [2.45, 2.75) is 26.7 Å². The Labute approximate surface area is 151 Å². The lowest BCUT2D eigenvalue weighted by molar-refractivity contribution is -0.659. The first-order valence-corrected chi connectivity index (χ1v) is 9.58. The summed E-state index contributed by atoms with van der Waals surface area (Å²) in [5.41, 5.74) is 5.11. The molecule has 25 heavy (non-hydrogen) atoms. The topological polar surface area (TPSA) is 13.1 Å². The molecule has 1 aliphatic heterocycles. The van der Waals surface area contributed by atoms with E-state index in [1.807, 2.05) is 0 Å². The molecule has 0 unspecified atom stereocenters. The van der Waals surface area contributed by atoms with E-state index in [9.17, 15) is 0 Å². The van der Waals surface area contributed by atoms with Crippen molar-refractivity contribution in [2.24, 2.45) is 7.05 Å². The van der Waals surface area contributed by atoms with E-state index in [0.29, 0.717) is 5.92 Å². The predicted octanol–water partition coefficient (Wildman–Crippen LogP) is 6.08. The second-order valence-electron chi connectivity index (χ2n) is 7.22. The highest BCUT2D eigenvalue weighted by Crippen LogP contribution is 2.49. The molecule has 0 radical (unpaired) electrons. The van der Waals surface area contributed by atoms with Crippen molar-refractivity contribution in [1.82, 2.24) is 0 Å². The van der Waals surface area contributed by atoms with Crippen LogP contribution in [0.4, 0.5) is 0 Å². The van der Waals surface area contributed by atoms with Crippen LogP contribution in [0.2, 0.25) is 0 Å². The number of fused-ring (bicyclic) bond motifs is 3. The van der Waals surface area contributed by atoms with Crippen LogP contribution in [0.1, 0.15) is 30.9 Å². The molecule has 5 rings (SSSR count). The highest BCUT2D eigenvalue weighted by molar-refractivity contribution is 7.17. The summed E-state index contributed by atoms with van der Waals surface area (Å²) in [4.78, 5) is 0. The summed E-state index contributed by atoms with van der Waals surface area (Å²) >= 11 is 1.77. The maximum absolute atomic E-state index is 6.45. The molecular formula is C22H20NOS+. The normalized spacial score (nSPS) is 12.7. The molecule has 0 saturated heterocycles. The van der Waals surface area contributed by atoms with E-state index in [0.717, 1.165) is 11.5 Å². The van der Waals surface area contributed by atoms with E-state index in [4.69, 9.17) is 4.74 Å². The zero-order valence-electron chi connectivity index (χ0n) is 14.9. The summed E-state index contributed by atoms with van der Waals surface area (Å²) in [6, 6.07) is 11.1. The van der Waals surface area contributed by atoms with Crippen LogP contribution in [0.3, 0.4) is 0 Å². The van der Waals surface area contributed by atoms with E-state index in [2.05, 4.69) is 74.3 Å². The number of ether oxygens (including phenoxy) is 1. The maximum atomic E-state index is 6.45. The molecule has 0 fully saturated rings. The Morgan fingerprint density at radius 3 is 2.72 bits per heavy atom. The average Bonchev–Trinajstić information content (AvgIpc) is 3.05. The van der Waals surface area contributed by atoms with Gasteiger partial charge >= 0.3 is 0 Å². The molecule has 2 nitrogen and oxygen atoms in total. The largest absolute Gasteiger partial charge is 0.455 e. The summed E-state index contributed by atoms with van der Waals surface area (Å²) in [7, 11) is 2.13. The molecule has 0 saturated carbocycles. The fourth-order valence-electron chi connectivity index (χ4n) is 3.95. The summed E-state index contributed by atoms with van der Waals surface area (Å²) in [6.45, 7) is 6.67. The minimum Gasteiger partial charge on any atom is -0.455 e. The molecule has 3 heteroatoms. The lowest BCUT2D eigenvalue weighted by Crippen LogP contribution is -2.31. The van der Waals surface area contributed by atoms with Crippen molar-refractivity contribution in [3.05, 3.63) is 53.0 Å². The van der Waals surface area contributed by atoms with Crippen LogP contribution in [0, 0.1) is 6.92 Å². The number of benzene rings is 2. The predicted molar refractivity (Wildman–Crippen MR) is 105 cm³/mol. The first-order valence-electron chi connectivity index (χ1n) is 8.70. The van der Waals surface area contributed by atoms with Gasteiger partial charge in [-0.25, -0.2) is 4.57 Å². The molecule has 2 aromatic carbocycles. The van der Waals surface area contributed by atoms with Gasteiger partial charge in [-0.15, -0.1) is 11.3 Å². The number of aromatic nitrogens is 1. The first-order chi connectivity index (χ1) is 12.0. The third kappa shape index (κ3) is 1.99. The van der Waals surface area contributed by atoms with Crippen LogP contribution in [0.5, 0.6) is 11.5 Å². The summed E-state index contributed by atoms with van der Waals surface area (Å²) in [5, 5.41) is 5.96. The van der Waals surface area contributed by atoms with Crippen molar-refractivity contribution in [3.8, 4) is 22.8 Å². The summed E-state index contributed by atoms with van der Waals surface area (Å²) in [6.07, 6.45) is 2.16. The van der Waals surface area contributed by atoms with Gasteiger partial charge in [-0.2, -0.15) is 0 Å². The second-order valence-corrected chi connectivity index (χ2v) is 8.17. The lowest BCUT2D eigenvalue weighted by atomic mass is 9.91. The Hall–Kier alpha value is -2.39. The second kappa shape index (κ2) is 5.06. The minimum atomic E-state index is 0.476. The number of hydrogen-bond acceptors (Lipinski definition) is 2. The van der Waals surface area contributed by atoms with Crippen LogP contribution in [-0.4, -0.2) is 0 Å². The van der Waals surface area contributed by atoms with Crippen molar-refractivity contribution in [1.29, 1.82) is 0 Å². The zero-order chi connectivity index (χ0) is 17.3. The van der Waals surface area contributed by atoms with Gasteiger partial charge in [-0.1, -0.05) is 19.9 Å². The number of rotatable bonds is 1. The Morgan fingerprint density at radius 2 is 1.92 bits per heavy atom. The molecule has 2 aromatic heterocycles. The molecular weight excluding hydrogens is 326 g/mol. The highest BCUT2D eigenvalue weighted by atomic mass is 32.1. The fraction of sp³-hybridized carbons (Fsp3) is 0.227. The van der Waals surface area contributed by atoms with Crippen LogP contribution in [0.15, 0.2) is 41.9 Å². The van der Waals surface area contributed by atoms with Crippen LogP contribution >= 0.6 is 11.3 Å². The quantitative estimate of drug-likeness (QED) is 0.335. The molecule has 1 aliphatic rings. The van der Waals surface area contributed by atoms with Crippen LogP contribution < -0.4 is 9.30 Å². The van der Waals surface area contributed by atoms with E-state index < -0.39 is 0 Å². The molecule has 3 heterocycles. The van der Waals surface area contributed by atoms with Gasteiger partial charge in [0.15, 0.2) is 6.20 Å². The van der Waals surface area contributed by atoms with Crippen LogP contribution in [-0.2, 0) is 7.05 Å². The Kier molecular flexibility index (Phi) is 3.02. The number of aryl methyl sites for hydroxylation is 2. The number of pyridine rings is 1. The molecule has 0 bridgehead atoms. The molecule has 0 spiro atoms. The minimum absolute atomic E-state index is 0.476. The molecule has 0 aliphatic carbocycles. The van der Waals surface area contributed by atoms with Gasteiger partial charge in [0.25, 0.3) is 0 Å². The molecule has 0 N–H and O–H groups in total. The molecule has 4 aromatic rings. The summed E-state index contributed by atoms with van der Waals surface area (Å²) < 4.78 is 9.96. The first kappa shape index (κ1) is 14.9. The van der Waals surface area contributed by atoms with Gasteiger partial charge in [0.05, 0.1) is 10.9 Å². The van der Waals surface area contributed by atoms with Gasteiger partial charge in [0.1, 0.15) is 18.5 Å². The number of nitrogens with zero attached hydrogens (tertiary/aromatic N) is 1. The maximum Gasteiger partial charge on any atom is 0.228 e. The van der Waals surface area contributed by atoms with Crippen molar-refractivity contribution >= 4 is 32.2 Å². The molecule has 0 atom stereocenters. The SMILES string of the molecule is Cc1c2c(cc3sccc13)Oc1cc(C(C)C)cc3cc[n+](C)c-2c13. The van der Waals surface area contributed by atoms with Crippen molar-refractivity contribution in [3.63, 3.8) is 0 Å². The van der Waals surface area contributed by atoms with Gasteiger partial charge in [-0.3, -0.25) is 0 Å². The van der Waals surface area contributed by atoms with Gasteiger partial charge in [0.2, 0.25) is 5.69 Å². The summed E-state index contributed by atoms with van der Waals surface area (Å²) in [5.74, 6) is 2.43. The van der Waals surface area contributed by atoms with E-state index >= 15 is 0 Å². The lowest BCUT2D eigenvalue weighted by Gasteiger charge is -2.22. The third-order valence-corrected chi connectivity index (χ3v) is 6.19.